The van der Waals surface area contributed by atoms with E-state index >= 15 is 0 Å². The molecule has 0 aliphatic rings. The van der Waals surface area contributed by atoms with Gasteiger partial charge < -0.3 is 10.4 Å². The van der Waals surface area contributed by atoms with Gasteiger partial charge in [0.05, 0.1) is 11.0 Å². The molecule has 2 rings (SSSR count). The zero-order chi connectivity index (χ0) is 14.5. The van der Waals surface area contributed by atoms with E-state index in [9.17, 15) is 15.2 Å². The van der Waals surface area contributed by atoms with Crippen LogP contribution in [0.4, 0.5) is 11.5 Å². The second-order valence-corrected chi connectivity index (χ2v) is 4.41. The van der Waals surface area contributed by atoms with Crippen molar-refractivity contribution >= 4 is 11.5 Å². The number of anilines is 1. The molecule has 0 aliphatic carbocycles. The fourth-order valence-corrected chi connectivity index (χ4v) is 1.87. The molecule has 0 amide bonds. The Balaban J connectivity index is 1.98. The number of hydrogen-bond acceptors (Lipinski definition) is 5. The summed E-state index contributed by atoms with van der Waals surface area (Å²) in [4.78, 5) is 13.9. The summed E-state index contributed by atoms with van der Waals surface area (Å²) in [5.74, 6) is 0.489. The SMILES string of the molecule is Cc1ccccc1C(O)CNc1ccc([N+](=O)[O-])cn1. The van der Waals surface area contributed by atoms with E-state index in [1.165, 1.54) is 18.3 Å². The average molecular weight is 273 g/mol. The normalized spacial score (nSPS) is 11.9. The number of aliphatic hydroxyl groups excluding tert-OH is 1. The van der Waals surface area contributed by atoms with Crippen molar-refractivity contribution in [3.63, 3.8) is 0 Å². The quantitative estimate of drug-likeness (QED) is 0.645. The summed E-state index contributed by atoms with van der Waals surface area (Å²) in [6, 6.07) is 10.5. The molecular formula is C14H15N3O3. The van der Waals surface area contributed by atoms with E-state index in [1.54, 1.807) is 0 Å². The fraction of sp³-hybridized carbons (Fsp3) is 0.214. The predicted molar refractivity (Wildman–Crippen MR) is 75.5 cm³/mol. The largest absolute Gasteiger partial charge is 0.387 e. The molecule has 0 bridgehead atoms. The smallest absolute Gasteiger partial charge is 0.287 e. The number of hydrogen-bond donors (Lipinski definition) is 2. The van der Waals surface area contributed by atoms with Crippen LogP contribution in [-0.2, 0) is 0 Å². The molecule has 20 heavy (non-hydrogen) atoms. The lowest BCUT2D eigenvalue weighted by Crippen LogP contribution is -2.13. The second kappa shape index (κ2) is 6.12. The molecule has 1 heterocycles. The van der Waals surface area contributed by atoms with Gasteiger partial charge in [-0.25, -0.2) is 4.98 Å². The minimum Gasteiger partial charge on any atom is -0.387 e. The third-order valence-electron chi connectivity index (χ3n) is 2.98. The first-order valence-electron chi connectivity index (χ1n) is 6.16. The molecule has 0 saturated heterocycles. The number of rotatable bonds is 5. The summed E-state index contributed by atoms with van der Waals surface area (Å²) in [7, 11) is 0. The molecule has 2 N–H and O–H groups in total. The molecule has 0 radical (unpaired) electrons. The Labute approximate surface area is 116 Å². The maximum atomic E-state index is 10.5. The van der Waals surface area contributed by atoms with Gasteiger partial charge in [0.1, 0.15) is 12.0 Å². The maximum Gasteiger partial charge on any atom is 0.287 e. The van der Waals surface area contributed by atoms with Crippen molar-refractivity contribution in [1.82, 2.24) is 4.98 Å². The molecular weight excluding hydrogens is 258 g/mol. The molecule has 1 aromatic heterocycles. The van der Waals surface area contributed by atoms with Gasteiger partial charge in [-0.3, -0.25) is 10.1 Å². The molecule has 0 aliphatic heterocycles. The van der Waals surface area contributed by atoms with E-state index in [-0.39, 0.29) is 12.2 Å². The Morgan fingerprint density at radius 2 is 2.10 bits per heavy atom. The van der Waals surface area contributed by atoms with E-state index < -0.39 is 11.0 Å². The van der Waals surface area contributed by atoms with Gasteiger partial charge in [0.15, 0.2) is 0 Å². The monoisotopic (exact) mass is 273 g/mol. The average Bonchev–Trinajstić information content (AvgIpc) is 2.45. The minimum atomic E-state index is -0.659. The highest BCUT2D eigenvalue weighted by molar-refractivity contribution is 5.40. The van der Waals surface area contributed by atoms with E-state index in [2.05, 4.69) is 10.3 Å². The third kappa shape index (κ3) is 3.30. The van der Waals surface area contributed by atoms with Crippen molar-refractivity contribution in [3.05, 3.63) is 63.8 Å². The number of pyridine rings is 1. The van der Waals surface area contributed by atoms with Crippen molar-refractivity contribution in [2.24, 2.45) is 0 Å². The lowest BCUT2D eigenvalue weighted by molar-refractivity contribution is -0.385. The topological polar surface area (TPSA) is 88.3 Å². The van der Waals surface area contributed by atoms with Crippen molar-refractivity contribution in [3.8, 4) is 0 Å². The molecule has 0 spiro atoms. The standard InChI is InChI=1S/C14H15N3O3/c1-10-4-2-3-5-12(10)13(18)9-16-14-7-6-11(8-15-14)17(19)20/h2-8,13,18H,9H2,1H3,(H,15,16). The second-order valence-electron chi connectivity index (χ2n) is 4.41. The van der Waals surface area contributed by atoms with Gasteiger partial charge in [0.25, 0.3) is 5.69 Å². The van der Waals surface area contributed by atoms with Crippen LogP contribution in [0.5, 0.6) is 0 Å². The molecule has 1 atom stereocenters. The van der Waals surface area contributed by atoms with Gasteiger partial charge in [-0.2, -0.15) is 0 Å². The van der Waals surface area contributed by atoms with Crippen molar-refractivity contribution in [2.75, 3.05) is 11.9 Å². The van der Waals surface area contributed by atoms with Crippen LogP contribution in [0.25, 0.3) is 0 Å². The number of nitrogens with one attached hydrogen (secondary N) is 1. The van der Waals surface area contributed by atoms with Crippen LogP contribution < -0.4 is 5.32 Å². The predicted octanol–water partition coefficient (Wildman–Crippen LogP) is 2.44. The molecule has 6 heteroatoms. The number of aryl methyl sites for hydroxylation is 1. The zero-order valence-electron chi connectivity index (χ0n) is 11.0. The van der Waals surface area contributed by atoms with Gasteiger partial charge in [0.2, 0.25) is 0 Å². The molecule has 1 unspecified atom stereocenters. The van der Waals surface area contributed by atoms with Crippen LogP contribution in [0.3, 0.4) is 0 Å². The summed E-state index contributed by atoms with van der Waals surface area (Å²) in [5.41, 5.74) is 1.80. The van der Waals surface area contributed by atoms with Crippen molar-refractivity contribution in [2.45, 2.75) is 13.0 Å². The first-order chi connectivity index (χ1) is 9.58. The van der Waals surface area contributed by atoms with Crippen LogP contribution in [0.15, 0.2) is 42.6 Å². The summed E-state index contributed by atoms with van der Waals surface area (Å²) in [6.07, 6.45) is 0.524. The summed E-state index contributed by atoms with van der Waals surface area (Å²) in [5, 5.41) is 23.6. The van der Waals surface area contributed by atoms with Gasteiger partial charge in [-0.05, 0) is 24.1 Å². The van der Waals surface area contributed by atoms with Gasteiger partial charge in [0, 0.05) is 12.6 Å². The number of benzene rings is 1. The van der Waals surface area contributed by atoms with E-state index in [0.29, 0.717) is 5.82 Å². The molecule has 0 fully saturated rings. The maximum absolute atomic E-state index is 10.5. The first-order valence-corrected chi connectivity index (χ1v) is 6.16. The Morgan fingerprint density at radius 1 is 1.35 bits per heavy atom. The van der Waals surface area contributed by atoms with E-state index in [0.717, 1.165) is 11.1 Å². The van der Waals surface area contributed by atoms with E-state index in [1.807, 2.05) is 31.2 Å². The fourth-order valence-electron chi connectivity index (χ4n) is 1.87. The first kappa shape index (κ1) is 14.0. The lowest BCUT2D eigenvalue weighted by Gasteiger charge is -2.14. The van der Waals surface area contributed by atoms with E-state index in [4.69, 9.17) is 0 Å². The summed E-state index contributed by atoms with van der Waals surface area (Å²) >= 11 is 0. The summed E-state index contributed by atoms with van der Waals surface area (Å²) in [6.45, 7) is 2.22. The Bertz CT molecular complexity index is 599. The Kier molecular flexibility index (Phi) is 4.27. The molecule has 1 aromatic carbocycles. The summed E-state index contributed by atoms with van der Waals surface area (Å²) < 4.78 is 0. The number of aliphatic hydroxyl groups is 1. The van der Waals surface area contributed by atoms with Crippen LogP contribution in [0, 0.1) is 17.0 Å². The molecule has 6 nitrogen and oxygen atoms in total. The molecule has 2 aromatic rings. The van der Waals surface area contributed by atoms with Gasteiger partial charge in [-0.15, -0.1) is 0 Å². The highest BCUT2D eigenvalue weighted by atomic mass is 16.6. The van der Waals surface area contributed by atoms with Crippen LogP contribution >= 0.6 is 0 Å². The lowest BCUT2D eigenvalue weighted by atomic mass is 10.0. The van der Waals surface area contributed by atoms with Crippen molar-refractivity contribution in [1.29, 1.82) is 0 Å². The Morgan fingerprint density at radius 3 is 2.70 bits per heavy atom. The van der Waals surface area contributed by atoms with Gasteiger partial charge in [-0.1, -0.05) is 24.3 Å². The number of nitrogens with zero attached hydrogens (tertiary/aromatic N) is 2. The van der Waals surface area contributed by atoms with Gasteiger partial charge >= 0.3 is 0 Å². The van der Waals surface area contributed by atoms with Crippen LogP contribution in [-0.4, -0.2) is 21.6 Å². The van der Waals surface area contributed by atoms with Crippen LogP contribution in [0.1, 0.15) is 17.2 Å². The zero-order valence-corrected chi connectivity index (χ0v) is 11.0. The molecule has 104 valence electrons. The highest BCUT2D eigenvalue weighted by Crippen LogP contribution is 2.18. The number of nitro groups is 1. The third-order valence-corrected chi connectivity index (χ3v) is 2.98. The van der Waals surface area contributed by atoms with Crippen molar-refractivity contribution < 1.29 is 10.0 Å². The molecule has 0 saturated carbocycles. The Hall–Kier alpha value is -2.47. The van der Waals surface area contributed by atoms with Crippen LogP contribution in [0.2, 0.25) is 0 Å². The highest BCUT2D eigenvalue weighted by Gasteiger charge is 2.10. The number of aromatic nitrogens is 1. The minimum absolute atomic E-state index is 0.0602.